The van der Waals surface area contributed by atoms with Gasteiger partial charge >= 0.3 is 0 Å². The van der Waals surface area contributed by atoms with Crippen molar-refractivity contribution in [2.75, 3.05) is 18.0 Å². The van der Waals surface area contributed by atoms with E-state index < -0.39 is 5.91 Å². The highest BCUT2D eigenvalue weighted by Gasteiger charge is 2.16. The topological polar surface area (TPSA) is 92.5 Å². The first-order chi connectivity index (χ1) is 14.1. The molecule has 9 heteroatoms. The van der Waals surface area contributed by atoms with Gasteiger partial charge in [0.25, 0.3) is 11.5 Å². The zero-order chi connectivity index (χ0) is 20.8. The first-order valence-corrected chi connectivity index (χ1v) is 10.4. The summed E-state index contributed by atoms with van der Waals surface area (Å²) in [5.74, 6) is -0.462. The van der Waals surface area contributed by atoms with Crippen molar-refractivity contribution in [3.8, 4) is 0 Å². The molecule has 0 saturated carbocycles. The van der Waals surface area contributed by atoms with E-state index in [1.807, 2.05) is 6.92 Å². The van der Waals surface area contributed by atoms with E-state index in [1.54, 1.807) is 36.7 Å². The molecule has 0 bridgehead atoms. The number of amides is 1. The number of aromatic nitrogens is 3. The smallest absolute Gasteiger partial charge is 0.292 e. The number of hydrogen-bond donors (Lipinski definition) is 1. The summed E-state index contributed by atoms with van der Waals surface area (Å²) in [6, 6.07) is 6.98. The maximum Gasteiger partial charge on any atom is 0.292 e. The number of carbonyl (C=O) groups is 1. The molecule has 3 aromatic rings. The average Bonchev–Trinajstić information content (AvgIpc) is 3.19. The van der Waals surface area contributed by atoms with Crippen molar-refractivity contribution >= 4 is 39.4 Å². The summed E-state index contributed by atoms with van der Waals surface area (Å²) >= 11 is 1.50. The molecule has 2 aromatic heterocycles. The van der Waals surface area contributed by atoms with Gasteiger partial charge in [-0.1, -0.05) is 36.5 Å². The number of benzene rings is 1. The quantitative estimate of drug-likeness (QED) is 0.454. The molecular formula is C20H24N6O2S. The number of hydrazone groups is 1. The number of rotatable bonds is 8. The molecule has 0 spiro atoms. The van der Waals surface area contributed by atoms with Gasteiger partial charge in [-0.3, -0.25) is 9.59 Å². The molecule has 0 radical (unpaired) electrons. The van der Waals surface area contributed by atoms with E-state index in [0.29, 0.717) is 17.3 Å². The number of carbonyl (C=O) groups excluding carboxylic acids is 1. The van der Waals surface area contributed by atoms with Crippen LogP contribution >= 0.6 is 11.3 Å². The lowest BCUT2D eigenvalue weighted by Gasteiger charge is -2.16. The van der Waals surface area contributed by atoms with Gasteiger partial charge in [0.15, 0.2) is 10.8 Å². The van der Waals surface area contributed by atoms with E-state index >= 15 is 0 Å². The van der Waals surface area contributed by atoms with E-state index in [9.17, 15) is 9.59 Å². The molecule has 29 heavy (non-hydrogen) atoms. The Bertz CT molecular complexity index is 1080. The molecule has 0 aliphatic rings. The summed E-state index contributed by atoms with van der Waals surface area (Å²) in [5.41, 5.74) is 2.49. The number of nitrogens with zero attached hydrogens (tertiary/aromatic N) is 5. The van der Waals surface area contributed by atoms with E-state index in [1.165, 1.54) is 16.0 Å². The molecule has 0 saturated heterocycles. The van der Waals surface area contributed by atoms with Gasteiger partial charge in [0.1, 0.15) is 0 Å². The Balaban J connectivity index is 1.82. The molecule has 8 nitrogen and oxygen atoms in total. The van der Waals surface area contributed by atoms with Crippen LogP contribution in [-0.2, 0) is 6.54 Å². The number of hydrogen-bond acceptors (Lipinski definition) is 7. The fourth-order valence-corrected chi connectivity index (χ4v) is 3.86. The van der Waals surface area contributed by atoms with E-state index in [2.05, 4.69) is 39.4 Å². The Labute approximate surface area is 172 Å². The van der Waals surface area contributed by atoms with E-state index in [4.69, 9.17) is 0 Å². The lowest BCUT2D eigenvalue weighted by molar-refractivity contribution is 0.0949. The van der Waals surface area contributed by atoms with Crippen LogP contribution in [0.5, 0.6) is 0 Å². The molecule has 1 amide bonds. The van der Waals surface area contributed by atoms with Crippen LogP contribution in [0.4, 0.5) is 5.13 Å². The molecule has 0 unspecified atom stereocenters. The molecule has 0 fully saturated rings. The summed E-state index contributed by atoms with van der Waals surface area (Å²) in [6.07, 6.45) is 4.03. The van der Waals surface area contributed by atoms with Crippen LogP contribution in [0, 0.1) is 0 Å². The zero-order valence-electron chi connectivity index (χ0n) is 16.8. The van der Waals surface area contributed by atoms with Crippen LogP contribution in [0.2, 0.25) is 0 Å². The van der Waals surface area contributed by atoms with Gasteiger partial charge in [-0.2, -0.15) is 10.2 Å². The lowest BCUT2D eigenvalue weighted by Crippen LogP contribution is -2.29. The predicted molar refractivity (Wildman–Crippen MR) is 117 cm³/mol. The largest absolute Gasteiger partial charge is 0.349 e. The van der Waals surface area contributed by atoms with Gasteiger partial charge in [0.05, 0.1) is 16.5 Å². The standard InChI is InChI=1S/C20H24N6O2S/c1-4-11-26-19(28)16-10-8-7-9-15(16)17(24-26)18(27)23-22-13-14-12-21-20(29-14)25(5-2)6-3/h7-10,12-13H,4-6,11H2,1-3H3,(H,23,27)/b22-13-. The van der Waals surface area contributed by atoms with Gasteiger partial charge in [-0.15, -0.1) is 0 Å². The molecule has 152 valence electrons. The minimum atomic E-state index is -0.462. The molecule has 1 aromatic carbocycles. The Morgan fingerprint density at radius 1 is 1.24 bits per heavy atom. The van der Waals surface area contributed by atoms with Crippen LogP contribution in [0.3, 0.4) is 0 Å². The SMILES string of the molecule is CCCn1nc(C(=O)N/N=C\c2cnc(N(CC)CC)s2)c2ccccc2c1=O. The number of aryl methyl sites for hydroxylation is 1. The van der Waals surface area contributed by atoms with Crippen molar-refractivity contribution in [1.82, 2.24) is 20.2 Å². The molecule has 0 aliphatic carbocycles. The van der Waals surface area contributed by atoms with Crippen molar-refractivity contribution < 1.29 is 4.79 Å². The van der Waals surface area contributed by atoms with Gasteiger partial charge in [0, 0.05) is 31.2 Å². The van der Waals surface area contributed by atoms with Gasteiger partial charge < -0.3 is 4.90 Å². The second-order valence-corrected chi connectivity index (χ2v) is 7.38. The number of fused-ring (bicyclic) bond motifs is 1. The van der Waals surface area contributed by atoms with Crippen LogP contribution < -0.4 is 15.9 Å². The Hall–Kier alpha value is -3.07. The third-order valence-corrected chi connectivity index (χ3v) is 5.41. The van der Waals surface area contributed by atoms with Gasteiger partial charge in [-0.05, 0) is 26.3 Å². The summed E-state index contributed by atoms with van der Waals surface area (Å²) in [4.78, 5) is 32.6. The van der Waals surface area contributed by atoms with Crippen molar-refractivity contribution in [2.45, 2.75) is 33.7 Å². The minimum absolute atomic E-state index is 0.180. The number of nitrogens with one attached hydrogen (secondary N) is 1. The third kappa shape index (κ3) is 4.51. The minimum Gasteiger partial charge on any atom is -0.349 e. The molecular weight excluding hydrogens is 388 g/mol. The fraction of sp³-hybridized carbons (Fsp3) is 0.350. The maximum absolute atomic E-state index is 12.7. The molecule has 0 aliphatic heterocycles. The fourth-order valence-electron chi connectivity index (χ4n) is 2.95. The normalized spacial score (nSPS) is 11.3. The lowest BCUT2D eigenvalue weighted by atomic mass is 10.1. The maximum atomic E-state index is 12.7. The Morgan fingerprint density at radius 3 is 2.66 bits per heavy atom. The van der Waals surface area contributed by atoms with E-state index in [0.717, 1.165) is 29.5 Å². The molecule has 2 heterocycles. The molecule has 1 N–H and O–H groups in total. The third-order valence-electron chi connectivity index (χ3n) is 4.42. The van der Waals surface area contributed by atoms with Crippen molar-refractivity contribution in [3.05, 3.63) is 51.4 Å². The Kier molecular flexibility index (Phi) is 6.71. The highest BCUT2D eigenvalue weighted by Crippen LogP contribution is 2.20. The van der Waals surface area contributed by atoms with Gasteiger partial charge in [0.2, 0.25) is 0 Å². The van der Waals surface area contributed by atoms with Gasteiger partial charge in [-0.25, -0.2) is 15.1 Å². The van der Waals surface area contributed by atoms with Crippen LogP contribution in [0.15, 0.2) is 40.4 Å². The summed E-state index contributed by atoms with van der Waals surface area (Å²) < 4.78 is 1.33. The van der Waals surface area contributed by atoms with Crippen LogP contribution in [0.25, 0.3) is 10.8 Å². The summed E-state index contributed by atoms with van der Waals surface area (Å²) in [7, 11) is 0. The first-order valence-electron chi connectivity index (χ1n) is 9.63. The highest BCUT2D eigenvalue weighted by molar-refractivity contribution is 7.17. The predicted octanol–water partition coefficient (Wildman–Crippen LogP) is 2.87. The van der Waals surface area contributed by atoms with Crippen molar-refractivity contribution in [1.29, 1.82) is 0 Å². The highest BCUT2D eigenvalue weighted by atomic mass is 32.1. The monoisotopic (exact) mass is 412 g/mol. The second-order valence-electron chi connectivity index (χ2n) is 6.34. The average molecular weight is 413 g/mol. The van der Waals surface area contributed by atoms with Crippen molar-refractivity contribution in [3.63, 3.8) is 0 Å². The first kappa shape index (κ1) is 20.7. The molecule has 3 rings (SSSR count). The zero-order valence-corrected chi connectivity index (χ0v) is 17.6. The van der Waals surface area contributed by atoms with Crippen molar-refractivity contribution in [2.24, 2.45) is 5.10 Å². The molecule has 0 atom stereocenters. The summed E-state index contributed by atoms with van der Waals surface area (Å²) in [6.45, 7) is 8.31. The number of anilines is 1. The van der Waals surface area contributed by atoms with Crippen LogP contribution in [0.1, 0.15) is 42.6 Å². The Morgan fingerprint density at radius 2 is 1.97 bits per heavy atom. The van der Waals surface area contributed by atoms with Crippen LogP contribution in [-0.4, -0.2) is 40.0 Å². The number of thiazole rings is 1. The summed E-state index contributed by atoms with van der Waals surface area (Å²) in [5, 5.41) is 10.2. The van der Waals surface area contributed by atoms with E-state index in [-0.39, 0.29) is 11.3 Å². The second kappa shape index (κ2) is 9.42.